The van der Waals surface area contributed by atoms with E-state index in [4.69, 9.17) is 0 Å². The number of nitrogens with zero attached hydrogens (tertiary/aromatic N) is 2. The summed E-state index contributed by atoms with van der Waals surface area (Å²) in [4.78, 5) is 28.6. The molecule has 1 fully saturated rings. The first-order chi connectivity index (χ1) is 14.0. The number of amides is 2. The second-order valence-electron chi connectivity index (χ2n) is 7.17. The Kier molecular flexibility index (Phi) is 7.19. The number of halogens is 1. The Labute approximate surface area is 170 Å². The molecule has 1 saturated heterocycles. The normalized spacial score (nSPS) is 15.6. The molecular weight excluding hydrogens is 371 g/mol. The van der Waals surface area contributed by atoms with Gasteiger partial charge in [0.05, 0.1) is 6.04 Å². The number of carbonyl (C=O) groups is 2. The van der Waals surface area contributed by atoms with Gasteiger partial charge in [-0.15, -0.1) is 0 Å². The molecule has 2 N–H and O–H groups in total. The lowest BCUT2D eigenvalue weighted by atomic mass is 10.1. The maximum absolute atomic E-state index is 13.0. The second-order valence-corrected chi connectivity index (χ2v) is 7.17. The van der Waals surface area contributed by atoms with E-state index >= 15 is 0 Å². The fourth-order valence-corrected chi connectivity index (χ4v) is 3.38. The zero-order valence-corrected chi connectivity index (χ0v) is 16.6. The summed E-state index contributed by atoms with van der Waals surface area (Å²) in [6.45, 7) is 6.34. The zero-order chi connectivity index (χ0) is 20.6. The van der Waals surface area contributed by atoms with Crippen LogP contribution in [0.25, 0.3) is 0 Å². The Morgan fingerprint density at radius 2 is 1.62 bits per heavy atom. The maximum Gasteiger partial charge on any atom is 0.309 e. The van der Waals surface area contributed by atoms with Crippen LogP contribution >= 0.6 is 0 Å². The van der Waals surface area contributed by atoms with Crippen LogP contribution in [0.5, 0.6) is 0 Å². The summed E-state index contributed by atoms with van der Waals surface area (Å²) in [5.74, 6) is -1.47. The first kappa shape index (κ1) is 20.8. The SMILES string of the molecule is C[C@@H](NC(=O)C(=O)NCCN1CCN(c2ccc(F)cc2)CC1)c1ccccc1. The summed E-state index contributed by atoms with van der Waals surface area (Å²) in [5.41, 5.74) is 1.97. The molecule has 1 atom stereocenters. The number of benzene rings is 2. The smallest absolute Gasteiger partial charge is 0.309 e. The van der Waals surface area contributed by atoms with Crippen molar-refractivity contribution in [2.24, 2.45) is 0 Å². The monoisotopic (exact) mass is 398 g/mol. The molecule has 0 bridgehead atoms. The molecule has 154 valence electrons. The lowest BCUT2D eigenvalue weighted by molar-refractivity contribution is -0.139. The number of anilines is 1. The molecule has 2 amide bonds. The minimum atomic E-state index is -0.623. The van der Waals surface area contributed by atoms with Crippen molar-refractivity contribution in [3.05, 3.63) is 66.0 Å². The van der Waals surface area contributed by atoms with Gasteiger partial charge in [0, 0.05) is 45.0 Å². The fourth-order valence-electron chi connectivity index (χ4n) is 3.38. The zero-order valence-electron chi connectivity index (χ0n) is 16.6. The third kappa shape index (κ3) is 6.02. The van der Waals surface area contributed by atoms with Crippen molar-refractivity contribution in [3.63, 3.8) is 0 Å². The number of piperazine rings is 1. The van der Waals surface area contributed by atoms with Crippen LogP contribution in [-0.4, -0.2) is 56.0 Å². The van der Waals surface area contributed by atoms with Gasteiger partial charge in [0.2, 0.25) is 0 Å². The number of nitrogens with one attached hydrogen (secondary N) is 2. The van der Waals surface area contributed by atoms with Gasteiger partial charge >= 0.3 is 11.8 Å². The fraction of sp³-hybridized carbons (Fsp3) is 0.364. The highest BCUT2D eigenvalue weighted by Gasteiger charge is 2.19. The largest absolute Gasteiger partial charge is 0.369 e. The summed E-state index contributed by atoms with van der Waals surface area (Å²) in [7, 11) is 0. The van der Waals surface area contributed by atoms with E-state index in [0.717, 1.165) is 37.4 Å². The van der Waals surface area contributed by atoms with Crippen LogP contribution in [0.2, 0.25) is 0 Å². The predicted molar refractivity (Wildman–Crippen MR) is 111 cm³/mol. The van der Waals surface area contributed by atoms with Crippen LogP contribution in [0.4, 0.5) is 10.1 Å². The molecule has 0 saturated carbocycles. The van der Waals surface area contributed by atoms with Crippen molar-refractivity contribution in [2.45, 2.75) is 13.0 Å². The molecule has 0 aliphatic carbocycles. The molecule has 0 spiro atoms. The third-order valence-electron chi connectivity index (χ3n) is 5.13. The maximum atomic E-state index is 13.0. The molecule has 0 aromatic heterocycles. The van der Waals surface area contributed by atoms with Crippen molar-refractivity contribution in [1.29, 1.82) is 0 Å². The topological polar surface area (TPSA) is 64.7 Å². The van der Waals surface area contributed by atoms with Crippen molar-refractivity contribution < 1.29 is 14.0 Å². The van der Waals surface area contributed by atoms with E-state index in [9.17, 15) is 14.0 Å². The number of hydrogen-bond acceptors (Lipinski definition) is 4. The first-order valence-corrected chi connectivity index (χ1v) is 9.89. The average molecular weight is 398 g/mol. The molecule has 1 aliphatic heterocycles. The Balaban J connectivity index is 1.35. The van der Waals surface area contributed by atoms with Crippen LogP contribution in [0.3, 0.4) is 0 Å². The molecule has 6 nitrogen and oxygen atoms in total. The summed E-state index contributed by atoms with van der Waals surface area (Å²) in [5, 5.41) is 5.40. The van der Waals surface area contributed by atoms with E-state index in [-0.39, 0.29) is 11.9 Å². The van der Waals surface area contributed by atoms with E-state index in [1.165, 1.54) is 12.1 Å². The summed E-state index contributed by atoms with van der Waals surface area (Å²) < 4.78 is 13.0. The predicted octanol–water partition coefficient (Wildman–Crippen LogP) is 1.94. The molecule has 1 aliphatic rings. The van der Waals surface area contributed by atoms with Gasteiger partial charge in [-0.25, -0.2) is 4.39 Å². The first-order valence-electron chi connectivity index (χ1n) is 9.89. The molecule has 2 aromatic carbocycles. The molecular formula is C22H27FN4O2. The molecule has 29 heavy (non-hydrogen) atoms. The second kappa shape index (κ2) is 10.0. The minimum absolute atomic E-state index is 0.228. The highest BCUT2D eigenvalue weighted by Crippen LogP contribution is 2.16. The Hall–Kier alpha value is -2.93. The molecule has 7 heteroatoms. The summed E-state index contributed by atoms with van der Waals surface area (Å²) >= 11 is 0. The van der Waals surface area contributed by atoms with Gasteiger partial charge in [-0.1, -0.05) is 30.3 Å². The highest BCUT2D eigenvalue weighted by molar-refractivity contribution is 6.35. The number of hydrogen-bond donors (Lipinski definition) is 2. The molecule has 3 rings (SSSR count). The van der Waals surface area contributed by atoms with Gasteiger partial charge in [0.1, 0.15) is 5.82 Å². The van der Waals surface area contributed by atoms with Crippen LogP contribution in [0.1, 0.15) is 18.5 Å². The highest BCUT2D eigenvalue weighted by atomic mass is 19.1. The molecule has 0 unspecified atom stereocenters. The third-order valence-corrected chi connectivity index (χ3v) is 5.13. The standard InChI is InChI=1S/C22H27FN4O2/c1-17(18-5-3-2-4-6-18)25-22(29)21(28)24-11-12-26-13-15-27(16-14-26)20-9-7-19(23)8-10-20/h2-10,17H,11-16H2,1H3,(H,24,28)(H,25,29)/t17-/m1/s1. The van der Waals surface area contributed by atoms with E-state index in [1.54, 1.807) is 12.1 Å². The van der Waals surface area contributed by atoms with Crippen LogP contribution in [0.15, 0.2) is 54.6 Å². The van der Waals surface area contributed by atoms with E-state index in [1.807, 2.05) is 37.3 Å². The number of carbonyl (C=O) groups excluding carboxylic acids is 2. The van der Waals surface area contributed by atoms with Gasteiger partial charge in [-0.2, -0.15) is 0 Å². The van der Waals surface area contributed by atoms with Crippen molar-refractivity contribution in [1.82, 2.24) is 15.5 Å². The van der Waals surface area contributed by atoms with Gasteiger partial charge in [0.25, 0.3) is 0 Å². The van der Waals surface area contributed by atoms with Crippen molar-refractivity contribution >= 4 is 17.5 Å². The lowest BCUT2D eigenvalue weighted by Crippen LogP contribution is -2.49. The van der Waals surface area contributed by atoms with Gasteiger partial charge in [0.15, 0.2) is 0 Å². The number of rotatable bonds is 6. The van der Waals surface area contributed by atoms with Crippen LogP contribution in [0, 0.1) is 5.82 Å². The molecule has 1 heterocycles. The van der Waals surface area contributed by atoms with Crippen molar-refractivity contribution in [2.75, 3.05) is 44.2 Å². The lowest BCUT2D eigenvalue weighted by Gasteiger charge is -2.36. The van der Waals surface area contributed by atoms with E-state index in [0.29, 0.717) is 13.1 Å². The summed E-state index contributed by atoms with van der Waals surface area (Å²) in [6.07, 6.45) is 0. The average Bonchev–Trinajstić information content (AvgIpc) is 2.75. The Morgan fingerprint density at radius 3 is 2.28 bits per heavy atom. The van der Waals surface area contributed by atoms with Gasteiger partial charge in [-0.3, -0.25) is 14.5 Å². The van der Waals surface area contributed by atoms with Crippen LogP contribution in [-0.2, 0) is 9.59 Å². The summed E-state index contributed by atoms with van der Waals surface area (Å²) in [6, 6.07) is 15.8. The van der Waals surface area contributed by atoms with Gasteiger partial charge in [-0.05, 0) is 36.8 Å². The quantitative estimate of drug-likeness (QED) is 0.730. The van der Waals surface area contributed by atoms with E-state index in [2.05, 4.69) is 20.4 Å². The Morgan fingerprint density at radius 1 is 0.966 bits per heavy atom. The van der Waals surface area contributed by atoms with Gasteiger partial charge < -0.3 is 15.5 Å². The molecule has 0 radical (unpaired) electrons. The Bertz CT molecular complexity index is 805. The van der Waals surface area contributed by atoms with Crippen molar-refractivity contribution in [3.8, 4) is 0 Å². The van der Waals surface area contributed by atoms with E-state index < -0.39 is 11.8 Å². The van der Waals surface area contributed by atoms with Crippen LogP contribution < -0.4 is 15.5 Å². The minimum Gasteiger partial charge on any atom is -0.369 e. The molecule has 2 aromatic rings.